The van der Waals surface area contributed by atoms with E-state index < -0.39 is 42.2 Å². The van der Waals surface area contributed by atoms with E-state index >= 15 is 0 Å². The van der Waals surface area contributed by atoms with Crippen molar-refractivity contribution in [3.05, 3.63) is 75.3 Å². The Kier molecular flexibility index (Phi) is 6.61. The zero-order valence-electron chi connectivity index (χ0n) is 22.0. The monoisotopic (exact) mass is 550 g/mol. The van der Waals surface area contributed by atoms with Crippen LogP contribution >= 0.6 is 0 Å². The number of carbonyl (C=O) groups is 5. The number of amides is 4. The molecule has 2 N–H and O–H groups in total. The number of imide groups is 2. The first-order valence-corrected chi connectivity index (χ1v) is 12.7. The molecule has 2 aliphatic rings. The number of carboxylic acids is 1. The van der Waals surface area contributed by atoms with E-state index in [1.54, 1.807) is 26.0 Å². The first kappa shape index (κ1) is 27.2. The molecule has 3 aromatic carbocycles. The van der Waals surface area contributed by atoms with E-state index in [1.807, 2.05) is 12.1 Å². The van der Waals surface area contributed by atoms with Gasteiger partial charge in [-0.05, 0) is 42.2 Å². The molecule has 4 amide bonds. The molecule has 2 aliphatic heterocycles. The van der Waals surface area contributed by atoms with Crippen molar-refractivity contribution < 1.29 is 34.2 Å². The third kappa shape index (κ3) is 4.03. The number of anilines is 1. The Labute approximate surface area is 233 Å². The molecule has 0 aliphatic carbocycles. The van der Waals surface area contributed by atoms with Crippen LogP contribution in [0.4, 0.5) is 5.69 Å². The Morgan fingerprint density at radius 3 is 1.88 bits per heavy atom. The van der Waals surface area contributed by atoms with Crippen LogP contribution in [0, 0.1) is 28.6 Å². The van der Waals surface area contributed by atoms with Gasteiger partial charge in [0, 0.05) is 17.2 Å². The quantitative estimate of drug-likeness (QED) is 0.418. The zero-order valence-corrected chi connectivity index (χ0v) is 22.0. The van der Waals surface area contributed by atoms with Gasteiger partial charge in [-0.2, -0.15) is 10.5 Å². The second kappa shape index (κ2) is 9.97. The van der Waals surface area contributed by atoms with Crippen molar-refractivity contribution in [2.24, 2.45) is 5.92 Å². The van der Waals surface area contributed by atoms with Crippen LogP contribution in [0.5, 0.6) is 0 Å². The summed E-state index contributed by atoms with van der Waals surface area (Å²) < 4.78 is 0. The number of carbonyl (C=O) groups excluding carboxylic acids is 4. The summed E-state index contributed by atoms with van der Waals surface area (Å²) in [4.78, 5) is 67.7. The van der Waals surface area contributed by atoms with Crippen LogP contribution < -0.4 is 4.90 Å². The molecule has 0 bridgehead atoms. The normalized spacial score (nSPS) is 14.9. The molecule has 41 heavy (non-hydrogen) atoms. The highest BCUT2D eigenvalue weighted by Crippen LogP contribution is 2.42. The molecular weight excluding hydrogens is 528 g/mol. The molecule has 0 spiro atoms. The summed E-state index contributed by atoms with van der Waals surface area (Å²) in [5.74, 6) is -4.62. The number of hydrogen-bond donors (Lipinski definition) is 2. The fraction of sp³-hybridized carbons (Fsp3) is 0.233. The van der Waals surface area contributed by atoms with Gasteiger partial charge in [0.25, 0.3) is 23.6 Å². The van der Waals surface area contributed by atoms with E-state index in [4.69, 9.17) is 5.11 Å². The van der Waals surface area contributed by atoms with Crippen molar-refractivity contribution in [2.45, 2.75) is 32.7 Å². The highest BCUT2D eigenvalue weighted by atomic mass is 16.4. The number of nitrogens with zero attached hydrogens (tertiary/aromatic N) is 4. The third-order valence-corrected chi connectivity index (χ3v) is 7.49. The van der Waals surface area contributed by atoms with Crippen LogP contribution in [0.1, 0.15) is 78.4 Å². The lowest BCUT2D eigenvalue weighted by molar-refractivity contribution is -0.136. The number of hydrogen-bond acceptors (Lipinski definition) is 8. The fourth-order valence-electron chi connectivity index (χ4n) is 5.45. The van der Waals surface area contributed by atoms with Gasteiger partial charge in [-0.3, -0.25) is 28.9 Å². The molecule has 1 unspecified atom stereocenters. The molecule has 204 valence electrons. The Morgan fingerprint density at radius 1 is 0.854 bits per heavy atom. The highest BCUT2D eigenvalue weighted by Gasteiger charge is 2.45. The molecule has 11 heteroatoms. The molecular formula is C30H22N4O7. The average Bonchev–Trinajstić information content (AvgIpc) is 2.95. The first-order chi connectivity index (χ1) is 19.5. The van der Waals surface area contributed by atoms with Gasteiger partial charge in [0.1, 0.15) is 12.1 Å². The minimum absolute atomic E-state index is 0.0508. The fourth-order valence-corrected chi connectivity index (χ4v) is 5.45. The van der Waals surface area contributed by atoms with Crippen LogP contribution in [0.15, 0.2) is 36.4 Å². The standard InChI is InChI=1S/C30H22N4O7/c1-14(2)21(13-35)34-28(39)20-10-16(11-31)23-25-19(9-17(12-32)24(26(20)25)30(34)41)27(38)33(29(23)40)18-6-3-15(4-7-18)5-8-22(36)37/h3-4,6-7,9-10,14,21,35H,5,8,13H2,1-2H3,(H,36,37). The van der Waals surface area contributed by atoms with Gasteiger partial charge < -0.3 is 10.2 Å². The third-order valence-electron chi connectivity index (χ3n) is 7.49. The van der Waals surface area contributed by atoms with Gasteiger partial charge in [0.15, 0.2) is 0 Å². The van der Waals surface area contributed by atoms with Gasteiger partial charge in [0.05, 0.1) is 51.7 Å². The number of nitriles is 2. The van der Waals surface area contributed by atoms with Crippen LogP contribution in [0.2, 0.25) is 0 Å². The molecule has 3 aromatic rings. The Balaban J connectivity index is 1.75. The molecule has 0 saturated carbocycles. The second-order valence-corrected chi connectivity index (χ2v) is 10.1. The SMILES string of the molecule is CC(C)C(CO)N1C(=O)c2cc(C#N)c3c4c(cc(C#N)c(c24)C1=O)C(=O)N(c1ccc(CCC(=O)O)cc1)C3=O. The number of rotatable bonds is 7. The maximum absolute atomic E-state index is 13.8. The molecule has 0 radical (unpaired) electrons. The lowest BCUT2D eigenvalue weighted by Crippen LogP contribution is -2.51. The van der Waals surface area contributed by atoms with E-state index in [9.17, 15) is 39.6 Å². The van der Waals surface area contributed by atoms with Crippen molar-refractivity contribution in [3.63, 3.8) is 0 Å². The summed E-state index contributed by atoms with van der Waals surface area (Å²) in [6.07, 6.45) is 0.136. The highest BCUT2D eigenvalue weighted by molar-refractivity contribution is 6.40. The minimum Gasteiger partial charge on any atom is -0.481 e. The van der Waals surface area contributed by atoms with Gasteiger partial charge in [0.2, 0.25) is 0 Å². The van der Waals surface area contributed by atoms with Crippen molar-refractivity contribution in [2.75, 3.05) is 11.5 Å². The van der Waals surface area contributed by atoms with Crippen molar-refractivity contribution in [1.82, 2.24) is 4.90 Å². The topological polar surface area (TPSA) is 180 Å². The van der Waals surface area contributed by atoms with Gasteiger partial charge in [-0.15, -0.1) is 0 Å². The zero-order chi connectivity index (χ0) is 29.7. The first-order valence-electron chi connectivity index (χ1n) is 12.7. The minimum atomic E-state index is -0.972. The summed E-state index contributed by atoms with van der Waals surface area (Å²) in [6.45, 7) is 2.90. The molecule has 5 rings (SSSR count). The lowest BCUT2D eigenvalue weighted by atomic mass is 9.81. The van der Waals surface area contributed by atoms with Crippen LogP contribution in [0.3, 0.4) is 0 Å². The molecule has 0 aromatic heterocycles. The average molecular weight is 551 g/mol. The van der Waals surface area contributed by atoms with Crippen LogP contribution in [-0.2, 0) is 11.2 Å². The Bertz CT molecular complexity index is 1790. The van der Waals surface area contributed by atoms with Crippen LogP contribution in [-0.4, -0.2) is 57.4 Å². The molecule has 1 atom stereocenters. The van der Waals surface area contributed by atoms with E-state index in [2.05, 4.69) is 0 Å². The van der Waals surface area contributed by atoms with Crippen molar-refractivity contribution >= 4 is 46.1 Å². The predicted octanol–water partition coefficient (Wildman–Crippen LogP) is 3.01. The van der Waals surface area contributed by atoms with Crippen molar-refractivity contribution in [3.8, 4) is 12.1 Å². The predicted molar refractivity (Wildman–Crippen MR) is 143 cm³/mol. The van der Waals surface area contributed by atoms with E-state index in [0.29, 0.717) is 5.56 Å². The summed E-state index contributed by atoms with van der Waals surface area (Å²) in [5, 5.41) is 38.8. The number of carboxylic acid groups (broad SMARTS) is 1. The van der Waals surface area contributed by atoms with Crippen LogP contribution in [0.25, 0.3) is 10.8 Å². The van der Waals surface area contributed by atoms with E-state index in [-0.39, 0.29) is 68.6 Å². The maximum Gasteiger partial charge on any atom is 0.303 e. The molecule has 11 nitrogen and oxygen atoms in total. The second-order valence-electron chi connectivity index (χ2n) is 10.1. The van der Waals surface area contributed by atoms with E-state index in [1.165, 1.54) is 24.3 Å². The summed E-state index contributed by atoms with van der Waals surface area (Å²) in [6, 6.07) is 11.4. The largest absolute Gasteiger partial charge is 0.481 e. The summed E-state index contributed by atoms with van der Waals surface area (Å²) >= 11 is 0. The van der Waals surface area contributed by atoms with Gasteiger partial charge >= 0.3 is 5.97 Å². The summed E-state index contributed by atoms with van der Waals surface area (Å²) in [7, 11) is 0. The molecule has 0 fully saturated rings. The lowest BCUT2D eigenvalue weighted by Gasteiger charge is -2.37. The number of aliphatic hydroxyl groups excluding tert-OH is 1. The Hall–Kier alpha value is -5.39. The number of benzene rings is 3. The van der Waals surface area contributed by atoms with E-state index in [0.717, 1.165) is 9.80 Å². The maximum atomic E-state index is 13.8. The van der Waals surface area contributed by atoms with Gasteiger partial charge in [-0.25, -0.2) is 4.90 Å². The molecule has 2 heterocycles. The van der Waals surface area contributed by atoms with Crippen molar-refractivity contribution in [1.29, 1.82) is 10.5 Å². The summed E-state index contributed by atoms with van der Waals surface area (Å²) in [5.41, 5.74) is -0.177. The smallest absolute Gasteiger partial charge is 0.303 e. The number of aliphatic carboxylic acids is 1. The number of aliphatic hydroxyl groups is 1. The molecule has 0 saturated heterocycles. The number of aryl methyl sites for hydroxylation is 1. The Morgan fingerprint density at radius 2 is 1.39 bits per heavy atom. The van der Waals surface area contributed by atoms with Gasteiger partial charge in [-0.1, -0.05) is 26.0 Å².